The summed E-state index contributed by atoms with van der Waals surface area (Å²) >= 11 is 0. The zero-order chi connectivity index (χ0) is 18.8. The third-order valence-corrected chi connectivity index (χ3v) is 4.31. The molecule has 0 radical (unpaired) electrons. The minimum absolute atomic E-state index is 0. The first kappa shape index (κ1) is 23.1. The average Bonchev–Trinajstić information content (AvgIpc) is 3.08. The first-order valence-electron chi connectivity index (χ1n) is 9.13. The van der Waals surface area contributed by atoms with E-state index in [9.17, 15) is 0 Å². The Labute approximate surface area is 179 Å². The third-order valence-electron chi connectivity index (χ3n) is 4.31. The molecule has 0 atom stereocenters. The van der Waals surface area contributed by atoms with Crippen LogP contribution < -0.4 is 5.32 Å². The zero-order valence-corrected chi connectivity index (χ0v) is 18.9. The topological polar surface area (TPSA) is 58.3 Å². The molecule has 0 unspecified atom stereocenters. The average molecular weight is 482 g/mol. The van der Waals surface area contributed by atoms with Gasteiger partial charge in [0.2, 0.25) is 0 Å². The molecule has 6 nitrogen and oxygen atoms in total. The van der Waals surface area contributed by atoms with E-state index in [-0.39, 0.29) is 24.0 Å². The highest BCUT2D eigenvalue weighted by Crippen LogP contribution is 2.08. The number of hydrogen-bond donors (Lipinski definition) is 1. The first-order valence-corrected chi connectivity index (χ1v) is 9.13. The van der Waals surface area contributed by atoms with Crippen LogP contribution in [0.4, 0.5) is 0 Å². The number of pyridine rings is 1. The molecule has 27 heavy (non-hydrogen) atoms. The van der Waals surface area contributed by atoms with Gasteiger partial charge < -0.3 is 10.2 Å². The predicted octanol–water partition coefficient (Wildman–Crippen LogP) is 3.95. The van der Waals surface area contributed by atoms with Gasteiger partial charge in [-0.05, 0) is 37.8 Å². The number of aliphatic imine (C=N–C) groups is 1. The van der Waals surface area contributed by atoms with Gasteiger partial charge in [-0.15, -0.1) is 30.6 Å². The Balaban J connectivity index is 0.00000364. The highest BCUT2D eigenvalue weighted by molar-refractivity contribution is 14.0. The number of aryl methyl sites for hydroxylation is 1. The molecule has 0 fully saturated rings. The number of nitrogens with one attached hydrogen (secondary N) is 1. The molecule has 2 aromatic rings. The summed E-state index contributed by atoms with van der Waals surface area (Å²) in [4.78, 5) is 15.3. The van der Waals surface area contributed by atoms with Crippen molar-refractivity contribution < 1.29 is 0 Å². The molecule has 0 aliphatic heterocycles. The molecule has 2 rings (SSSR count). The lowest BCUT2D eigenvalue weighted by Gasteiger charge is -2.22. The third kappa shape index (κ3) is 7.32. The maximum Gasteiger partial charge on any atom is 0.193 e. The van der Waals surface area contributed by atoms with Crippen LogP contribution in [0, 0.1) is 6.92 Å². The van der Waals surface area contributed by atoms with Gasteiger partial charge in [0.05, 0.1) is 0 Å². The number of halogens is 1. The van der Waals surface area contributed by atoms with Crippen LogP contribution >= 0.6 is 24.0 Å². The van der Waals surface area contributed by atoms with E-state index < -0.39 is 0 Å². The SMILES string of the molecule is C=CCCCCCN(C)C(=NC)NCc1ccc(-n2ccnc2C)nc1.I. The van der Waals surface area contributed by atoms with Crippen LogP contribution in [-0.2, 0) is 6.54 Å². The zero-order valence-electron chi connectivity index (χ0n) is 16.6. The van der Waals surface area contributed by atoms with Crippen molar-refractivity contribution in [2.45, 2.75) is 39.2 Å². The van der Waals surface area contributed by atoms with E-state index in [0.717, 1.165) is 42.6 Å². The summed E-state index contributed by atoms with van der Waals surface area (Å²) in [6.45, 7) is 7.42. The Morgan fingerprint density at radius 1 is 1.30 bits per heavy atom. The Morgan fingerprint density at radius 2 is 2.11 bits per heavy atom. The van der Waals surface area contributed by atoms with E-state index in [0.29, 0.717) is 6.54 Å². The molecule has 0 aliphatic rings. The van der Waals surface area contributed by atoms with Gasteiger partial charge in [0.25, 0.3) is 0 Å². The summed E-state index contributed by atoms with van der Waals surface area (Å²) < 4.78 is 1.97. The van der Waals surface area contributed by atoms with E-state index in [2.05, 4.69) is 44.9 Å². The summed E-state index contributed by atoms with van der Waals surface area (Å²) in [7, 11) is 3.89. The molecule has 0 aliphatic carbocycles. The fourth-order valence-electron chi connectivity index (χ4n) is 2.77. The van der Waals surface area contributed by atoms with Crippen molar-refractivity contribution in [3.8, 4) is 5.82 Å². The highest BCUT2D eigenvalue weighted by Gasteiger charge is 2.06. The normalized spacial score (nSPS) is 11.0. The monoisotopic (exact) mass is 482 g/mol. The lowest BCUT2D eigenvalue weighted by atomic mass is 10.2. The minimum Gasteiger partial charge on any atom is -0.352 e. The molecule has 2 aromatic heterocycles. The molecule has 1 N–H and O–H groups in total. The lowest BCUT2D eigenvalue weighted by molar-refractivity contribution is 0.455. The van der Waals surface area contributed by atoms with Crippen molar-refractivity contribution in [1.29, 1.82) is 0 Å². The van der Waals surface area contributed by atoms with Crippen LogP contribution in [0.5, 0.6) is 0 Å². The molecule has 0 spiro atoms. The largest absolute Gasteiger partial charge is 0.352 e. The smallest absolute Gasteiger partial charge is 0.193 e. The fraction of sp³-hybridized carbons (Fsp3) is 0.450. The van der Waals surface area contributed by atoms with Gasteiger partial charge in [-0.1, -0.05) is 18.6 Å². The molecular formula is C20H31IN6. The molecule has 2 heterocycles. The number of aromatic nitrogens is 3. The number of rotatable bonds is 9. The molecule has 0 saturated carbocycles. The van der Waals surface area contributed by atoms with Gasteiger partial charge in [0.15, 0.2) is 5.96 Å². The van der Waals surface area contributed by atoms with Gasteiger partial charge in [-0.2, -0.15) is 0 Å². The number of guanidine groups is 1. The van der Waals surface area contributed by atoms with E-state index >= 15 is 0 Å². The Morgan fingerprint density at radius 3 is 2.70 bits per heavy atom. The summed E-state index contributed by atoms with van der Waals surface area (Å²) in [5.74, 6) is 2.71. The van der Waals surface area contributed by atoms with Crippen molar-refractivity contribution in [2.75, 3.05) is 20.6 Å². The molecule has 0 amide bonds. The van der Waals surface area contributed by atoms with Crippen LogP contribution in [0.25, 0.3) is 5.82 Å². The molecule has 148 valence electrons. The molecule has 7 heteroatoms. The summed E-state index contributed by atoms with van der Waals surface area (Å²) in [5.41, 5.74) is 1.12. The van der Waals surface area contributed by atoms with Gasteiger partial charge in [0.1, 0.15) is 11.6 Å². The number of nitrogens with zero attached hydrogens (tertiary/aromatic N) is 5. The summed E-state index contributed by atoms with van der Waals surface area (Å²) in [6.07, 6.45) is 12.3. The van der Waals surface area contributed by atoms with Crippen LogP contribution in [0.2, 0.25) is 0 Å². The van der Waals surface area contributed by atoms with Crippen molar-refractivity contribution in [3.63, 3.8) is 0 Å². The Hall–Kier alpha value is -1.90. The lowest BCUT2D eigenvalue weighted by Crippen LogP contribution is -2.39. The van der Waals surface area contributed by atoms with Crippen molar-refractivity contribution >= 4 is 29.9 Å². The van der Waals surface area contributed by atoms with Crippen LogP contribution in [0.15, 0.2) is 48.4 Å². The van der Waals surface area contributed by atoms with E-state index in [1.807, 2.05) is 43.1 Å². The van der Waals surface area contributed by atoms with E-state index in [1.54, 1.807) is 6.20 Å². The number of imidazole rings is 1. The van der Waals surface area contributed by atoms with E-state index in [1.165, 1.54) is 12.8 Å². The summed E-state index contributed by atoms with van der Waals surface area (Å²) in [5, 5.41) is 3.40. The van der Waals surface area contributed by atoms with Crippen molar-refractivity contribution in [3.05, 3.63) is 54.8 Å². The second-order valence-corrected chi connectivity index (χ2v) is 6.33. The number of unbranched alkanes of at least 4 members (excludes halogenated alkanes) is 3. The summed E-state index contributed by atoms with van der Waals surface area (Å²) in [6, 6.07) is 4.09. The highest BCUT2D eigenvalue weighted by atomic mass is 127. The van der Waals surface area contributed by atoms with Crippen LogP contribution in [0.1, 0.15) is 37.1 Å². The minimum atomic E-state index is 0. The van der Waals surface area contributed by atoms with Crippen LogP contribution in [-0.4, -0.2) is 46.0 Å². The van der Waals surface area contributed by atoms with Gasteiger partial charge >= 0.3 is 0 Å². The number of hydrogen-bond acceptors (Lipinski definition) is 3. The quantitative estimate of drug-likeness (QED) is 0.193. The van der Waals surface area contributed by atoms with Crippen molar-refractivity contribution in [2.24, 2.45) is 4.99 Å². The van der Waals surface area contributed by atoms with Crippen molar-refractivity contribution in [1.82, 2.24) is 24.8 Å². The number of allylic oxidation sites excluding steroid dienone is 1. The maximum absolute atomic E-state index is 4.53. The Kier molecular flexibility index (Phi) is 10.7. The molecular weight excluding hydrogens is 451 g/mol. The second-order valence-electron chi connectivity index (χ2n) is 6.33. The van der Waals surface area contributed by atoms with Gasteiger partial charge in [0, 0.05) is 45.8 Å². The fourth-order valence-corrected chi connectivity index (χ4v) is 2.77. The second kappa shape index (κ2) is 12.5. The molecule has 0 bridgehead atoms. The first-order chi connectivity index (χ1) is 12.7. The predicted molar refractivity (Wildman–Crippen MR) is 123 cm³/mol. The molecule has 0 aromatic carbocycles. The standard InChI is InChI=1S/C20H30N6.HI/c1-5-6-7-8-9-13-25(4)20(21-3)24-16-18-10-11-19(23-15-18)26-14-12-22-17(26)2;/h5,10-12,14-15H,1,6-9,13,16H2,2-4H3,(H,21,24);1H. The van der Waals surface area contributed by atoms with E-state index in [4.69, 9.17) is 0 Å². The molecule has 0 saturated heterocycles. The maximum atomic E-state index is 4.53. The van der Waals surface area contributed by atoms with Crippen LogP contribution in [0.3, 0.4) is 0 Å². The van der Waals surface area contributed by atoms with Gasteiger partial charge in [-0.25, -0.2) is 9.97 Å². The van der Waals surface area contributed by atoms with Gasteiger partial charge in [-0.3, -0.25) is 9.56 Å². The Bertz CT molecular complexity index is 708.